The van der Waals surface area contributed by atoms with Crippen LogP contribution in [0.3, 0.4) is 0 Å². The van der Waals surface area contributed by atoms with Gasteiger partial charge < -0.3 is 9.15 Å². The second-order valence-corrected chi connectivity index (χ2v) is 5.97. The molecule has 0 unspecified atom stereocenters. The summed E-state index contributed by atoms with van der Waals surface area (Å²) in [6, 6.07) is 11.2. The van der Waals surface area contributed by atoms with Gasteiger partial charge in [0.05, 0.1) is 6.21 Å². The number of furan rings is 1. The maximum atomic E-state index is 11.4. The molecule has 0 bridgehead atoms. The van der Waals surface area contributed by atoms with Gasteiger partial charge in [0.1, 0.15) is 23.9 Å². The number of nitrogens with one attached hydrogen (secondary N) is 1. The molecule has 0 aliphatic heterocycles. The molecule has 1 aromatic heterocycles. The minimum atomic E-state index is -0.0263. The molecule has 1 N–H and O–H groups in total. The molecule has 5 nitrogen and oxygen atoms in total. The lowest BCUT2D eigenvalue weighted by atomic mass is 10.3. The average molecular weight is 363 g/mol. The van der Waals surface area contributed by atoms with Gasteiger partial charge in [-0.2, -0.15) is 5.10 Å². The number of hydrogen-bond acceptors (Lipinski definition) is 4. The van der Waals surface area contributed by atoms with E-state index in [1.165, 1.54) is 6.21 Å². The number of halogens is 1. The van der Waals surface area contributed by atoms with E-state index in [0.29, 0.717) is 18.1 Å². The number of amides is 1. The van der Waals surface area contributed by atoms with Gasteiger partial charge in [0.15, 0.2) is 0 Å². The van der Waals surface area contributed by atoms with E-state index in [1.54, 1.807) is 6.07 Å². The summed E-state index contributed by atoms with van der Waals surface area (Å²) in [7, 11) is 0. The third kappa shape index (κ3) is 4.21. The molecule has 114 valence electrons. The number of benzene rings is 1. The van der Waals surface area contributed by atoms with Crippen molar-refractivity contribution in [1.82, 2.24) is 5.43 Å². The summed E-state index contributed by atoms with van der Waals surface area (Å²) in [4.78, 5) is 11.4. The van der Waals surface area contributed by atoms with Gasteiger partial charge in [0.2, 0.25) is 5.91 Å². The van der Waals surface area contributed by atoms with Gasteiger partial charge in [-0.25, -0.2) is 5.43 Å². The Hall–Kier alpha value is -2.08. The number of ether oxygens (including phenoxy) is 1. The predicted octanol–water partition coefficient (Wildman–Crippen LogP) is 3.48. The van der Waals surface area contributed by atoms with Crippen LogP contribution in [0.25, 0.3) is 0 Å². The highest BCUT2D eigenvalue weighted by molar-refractivity contribution is 9.10. The van der Waals surface area contributed by atoms with E-state index < -0.39 is 0 Å². The number of hydrazone groups is 1. The molecule has 1 aliphatic rings. The first-order chi connectivity index (χ1) is 10.7. The number of rotatable bonds is 6. The molecule has 3 rings (SSSR count). The lowest BCUT2D eigenvalue weighted by Gasteiger charge is -2.03. The van der Waals surface area contributed by atoms with Crippen molar-refractivity contribution in [3.05, 3.63) is 52.4 Å². The minimum absolute atomic E-state index is 0.0263. The summed E-state index contributed by atoms with van der Waals surface area (Å²) in [6.07, 6.45) is 3.41. The largest absolute Gasteiger partial charge is 0.486 e. The molecule has 6 heteroatoms. The Balaban J connectivity index is 1.49. The number of carbonyl (C=O) groups is 1. The van der Waals surface area contributed by atoms with Crippen LogP contribution in [-0.2, 0) is 11.4 Å². The Bertz CT molecular complexity index is 675. The van der Waals surface area contributed by atoms with Crippen molar-refractivity contribution in [2.24, 2.45) is 11.0 Å². The van der Waals surface area contributed by atoms with Crippen molar-refractivity contribution >= 4 is 28.1 Å². The van der Waals surface area contributed by atoms with E-state index in [-0.39, 0.29) is 11.8 Å². The highest BCUT2D eigenvalue weighted by Gasteiger charge is 2.29. The third-order valence-electron chi connectivity index (χ3n) is 3.19. The van der Waals surface area contributed by atoms with E-state index in [0.717, 1.165) is 23.1 Å². The van der Waals surface area contributed by atoms with Crippen LogP contribution in [0.1, 0.15) is 24.4 Å². The van der Waals surface area contributed by atoms with Gasteiger partial charge in [0.25, 0.3) is 0 Å². The first-order valence-electron chi connectivity index (χ1n) is 7.01. The molecular weight excluding hydrogens is 348 g/mol. The summed E-state index contributed by atoms with van der Waals surface area (Å²) in [5.74, 6) is 2.15. The van der Waals surface area contributed by atoms with Gasteiger partial charge in [-0.15, -0.1) is 0 Å². The molecular formula is C16H15BrN2O3. The van der Waals surface area contributed by atoms with E-state index in [1.807, 2.05) is 30.3 Å². The van der Waals surface area contributed by atoms with Crippen LogP contribution in [0, 0.1) is 5.92 Å². The Kier molecular flexibility index (Phi) is 4.58. The zero-order valence-corrected chi connectivity index (χ0v) is 13.4. The number of carbonyl (C=O) groups excluding carboxylic acids is 1. The topological polar surface area (TPSA) is 63.8 Å². The quantitative estimate of drug-likeness (QED) is 0.631. The van der Waals surface area contributed by atoms with Crippen molar-refractivity contribution in [2.75, 3.05) is 0 Å². The van der Waals surface area contributed by atoms with Crippen LogP contribution < -0.4 is 10.2 Å². The minimum Gasteiger partial charge on any atom is -0.486 e. The molecule has 0 spiro atoms. The highest BCUT2D eigenvalue weighted by Crippen LogP contribution is 2.28. The fourth-order valence-corrected chi connectivity index (χ4v) is 2.09. The average Bonchev–Trinajstić information content (AvgIpc) is 3.28. The van der Waals surface area contributed by atoms with E-state index in [9.17, 15) is 4.79 Å². The molecule has 1 saturated carbocycles. The molecule has 2 aromatic rings. The van der Waals surface area contributed by atoms with Crippen molar-refractivity contribution in [2.45, 2.75) is 19.4 Å². The fourth-order valence-electron chi connectivity index (χ4n) is 1.82. The van der Waals surface area contributed by atoms with Crippen LogP contribution in [0.2, 0.25) is 0 Å². The van der Waals surface area contributed by atoms with Crippen molar-refractivity contribution in [3.63, 3.8) is 0 Å². The molecule has 1 heterocycles. The predicted molar refractivity (Wildman–Crippen MR) is 85.6 cm³/mol. The Labute approximate surface area is 136 Å². The maximum absolute atomic E-state index is 11.4. The molecule has 0 atom stereocenters. The molecule has 1 amide bonds. The van der Waals surface area contributed by atoms with Gasteiger partial charge in [-0.1, -0.05) is 15.9 Å². The number of hydrogen-bond donors (Lipinski definition) is 1. The molecule has 1 fully saturated rings. The van der Waals surface area contributed by atoms with Crippen LogP contribution >= 0.6 is 15.9 Å². The molecule has 22 heavy (non-hydrogen) atoms. The standard InChI is InChI=1S/C16H15BrN2O3/c17-12-3-5-13(6-4-12)21-10-15-8-7-14(22-15)9-18-19-16(20)11-1-2-11/h3-9,11H,1-2,10H2,(H,19,20). The Morgan fingerprint density at radius 2 is 2.09 bits per heavy atom. The van der Waals surface area contributed by atoms with Crippen LogP contribution in [0.15, 0.2) is 50.4 Å². The third-order valence-corrected chi connectivity index (χ3v) is 3.72. The lowest BCUT2D eigenvalue weighted by molar-refractivity contribution is -0.122. The zero-order valence-electron chi connectivity index (χ0n) is 11.8. The van der Waals surface area contributed by atoms with Crippen LogP contribution in [-0.4, -0.2) is 12.1 Å². The second kappa shape index (κ2) is 6.79. The van der Waals surface area contributed by atoms with E-state index in [2.05, 4.69) is 26.5 Å². The summed E-state index contributed by atoms with van der Waals surface area (Å²) in [5, 5.41) is 3.88. The first kappa shape index (κ1) is 14.8. The SMILES string of the molecule is O=C(NN=Cc1ccc(COc2ccc(Br)cc2)o1)C1CC1. The molecule has 1 aliphatic carbocycles. The van der Waals surface area contributed by atoms with E-state index >= 15 is 0 Å². The second-order valence-electron chi connectivity index (χ2n) is 5.06. The molecule has 0 saturated heterocycles. The van der Waals surface area contributed by atoms with Crippen molar-refractivity contribution < 1.29 is 13.9 Å². The van der Waals surface area contributed by atoms with Crippen molar-refractivity contribution in [1.29, 1.82) is 0 Å². The normalized spacial score (nSPS) is 14.2. The summed E-state index contributed by atoms with van der Waals surface area (Å²) < 4.78 is 12.2. The summed E-state index contributed by atoms with van der Waals surface area (Å²) in [5.41, 5.74) is 2.50. The smallest absolute Gasteiger partial charge is 0.243 e. The van der Waals surface area contributed by atoms with Gasteiger partial charge in [0, 0.05) is 10.4 Å². The van der Waals surface area contributed by atoms with Gasteiger partial charge in [-0.05, 0) is 49.2 Å². The monoisotopic (exact) mass is 362 g/mol. The van der Waals surface area contributed by atoms with E-state index in [4.69, 9.17) is 9.15 Å². The highest BCUT2D eigenvalue weighted by atomic mass is 79.9. The van der Waals surface area contributed by atoms with Crippen LogP contribution in [0.4, 0.5) is 0 Å². The Morgan fingerprint density at radius 1 is 1.32 bits per heavy atom. The number of nitrogens with zero attached hydrogens (tertiary/aromatic N) is 1. The maximum Gasteiger partial charge on any atom is 0.243 e. The van der Waals surface area contributed by atoms with Gasteiger partial charge >= 0.3 is 0 Å². The summed E-state index contributed by atoms with van der Waals surface area (Å²) in [6.45, 7) is 0.337. The fraction of sp³-hybridized carbons (Fsp3) is 0.250. The first-order valence-corrected chi connectivity index (χ1v) is 7.80. The molecule has 0 radical (unpaired) electrons. The molecule has 1 aromatic carbocycles. The lowest BCUT2D eigenvalue weighted by Crippen LogP contribution is -2.18. The zero-order chi connectivity index (χ0) is 15.4. The van der Waals surface area contributed by atoms with Crippen LogP contribution in [0.5, 0.6) is 5.75 Å². The Morgan fingerprint density at radius 3 is 2.82 bits per heavy atom. The summed E-state index contributed by atoms with van der Waals surface area (Å²) >= 11 is 3.37. The van der Waals surface area contributed by atoms with Gasteiger partial charge in [-0.3, -0.25) is 4.79 Å². The van der Waals surface area contributed by atoms with Crippen molar-refractivity contribution in [3.8, 4) is 5.75 Å².